The Morgan fingerprint density at radius 2 is 2.00 bits per heavy atom. The highest BCUT2D eigenvalue weighted by molar-refractivity contribution is 5.79. The van der Waals surface area contributed by atoms with Gasteiger partial charge in [0.25, 0.3) is 0 Å². The summed E-state index contributed by atoms with van der Waals surface area (Å²) in [5.41, 5.74) is 2.78. The first-order valence-electron chi connectivity index (χ1n) is 11.5. The van der Waals surface area contributed by atoms with Crippen LogP contribution in [-0.2, 0) is 27.4 Å². The maximum atomic E-state index is 6.06. The lowest BCUT2D eigenvalue weighted by Crippen LogP contribution is -2.46. The van der Waals surface area contributed by atoms with E-state index in [0.29, 0.717) is 24.7 Å². The van der Waals surface area contributed by atoms with Crippen molar-refractivity contribution in [1.29, 1.82) is 0 Å². The molecule has 3 rings (SSSR count). The molecule has 168 valence electrons. The van der Waals surface area contributed by atoms with Gasteiger partial charge in [-0.25, -0.2) is 4.99 Å². The smallest absolute Gasteiger partial charge is 0.191 e. The molecule has 1 heterocycles. The molecule has 0 radical (unpaired) electrons. The molecule has 0 aromatic heterocycles. The molecule has 0 unspecified atom stereocenters. The third-order valence-corrected chi connectivity index (χ3v) is 6.29. The predicted octanol–water partition coefficient (Wildman–Crippen LogP) is 3.64. The number of aliphatic imine (C=N–C) groups is 1. The van der Waals surface area contributed by atoms with E-state index >= 15 is 0 Å². The number of hydrogen-bond acceptors (Lipinski definition) is 4. The Bertz CT molecular complexity index is 655. The lowest BCUT2D eigenvalue weighted by molar-refractivity contribution is -0.0390. The van der Waals surface area contributed by atoms with Crippen molar-refractivity contribution in [2.75, 3.05) is 40.0 Å². The van der Waals surface area contributed by atoms with Crippen LogP contribution in [-0.4, -0.2) is 52.1 Å². The minimum absolute atomic E-state index is 0.321. The van der Waals surface area contributed by atoms with E-state index in [1.54, 1.807) is 7.11 Å². The molecule has 1 aliphatic heterocycles. The average molecular weight is 418 g/mol. The second kappa shape index (κ2) is 12.3. The SMILES string of the molecule is CCNC(=NCc1cccc(COC2CCOCC2)c1)NCC1(CCOC)CCC1. The summed E-state index contributed by atoms with van der Waals surface area (Å²) >= 11 is 0. The fourth-order valence-corrected chi connectivity index (χ4v) is 4.17. The third kappa shape index (κ3) is 7.25. The average Bonchev–Trinajstić information content (AvgIpc) is 2.76. The van der Waals surface area contributed by atoms with E-state index in [-0.39, 0.29) is 0 Å². The van der Waals surface area contributed by atoms with E-state index in [2.05, 4.69) is 41.8 Å². The Hall–Kier alpha value is -1.63. The zero-order chi connectivity index (χ0) is 21.1. The van der Waals surface area contributed by atoms with Gasteiger partial charge in [-0.2, -0.15) is 0 Å². The number of benzene rings is 1. The largest absolute Gasteiger partial charge is 0.385 e. The van der Waals surface area contributed by atoms with Crippen LogP contribution in [0.1, 0.15) is 56.6 Å². The van der Waals surface area contributed by atoms with Crippen molar-refractivity contribution in [3.63, 3.8) is 0 Å². The van der Waals surface area contributed by atoms with Crippen molar-refractivity contribution >= 4 is 5.96 Å². The monoisotopic (exact) mass is 417 g/mol. The van der Waals surface area contributed by atoms with Gasteiger partial charge in [0, 0.05) is 40.0 Å². The molecular formula is C24H39N3O3. The van der Waals surface area contributed by atoms with Gasteiger partial charge in [0.2, 0.25) is 0 Å². The van der Waals surface area contributed by atoms with Gasteiger partial charge in [-0.3, -0.25) is 0 Å². The maximum Gasteiger partial charge on any atom is 0.191 e. The summed E-state index contributed by atoms with van der Waals surface area (Å²) in [6, 6.07) is 8.57. The molecule has 2 N–H and O–H groups in total. The maximum absolute atomic E-state index is 6.06. The molecule has 2 aliphatic rings. The standard InChI is InChI=1S/C24H39N3O3/c1-3-25-23(27-19-24(10-5-11-24)12-15-28-2)26-17-20-6-4-7-21(16-20)18-30-22-8-13-29-14-9-22/h4,6-7,16,22H,3,5,8-15,17-19H2,1-2H3,(H2,25,26,27). The summed E-state index contributed by atoms with van der Waals surface area (Å²) in [7, 11) is 1.79. The number of nitrogens with zero attached hydrogens (tertiary/aromatic N) is 1. The molecule has 6 heteroatoms. The van der Waals surface area contributed by atoms with E-state index in [0.717, 1.165) is 58.1 Å². The summed E-state index contributed by atoms with van der Waals surface area (Å²) in [4.78, 5) is 4.82. The minimum atomic E-state index is 0.321. The van der Waals surface area contributed by atoms with Crippen LogP contribution in [0.4, 0.5) is 0 Å². The van der Waals surface area contributed by atoms with E-state index in [1.807, 2.05) is 0 Å². The molecule has 6 nitrogen and oxygen atoms in total. The molecule has 1 aliphatic carbocycles. The van der Waals surface area contributed by atoms with Gasteiger partial charge in [0.15, 0.2) is 5.96 Å². The molecule has 0 amide bonds. The zero-order valence-corrected chi connectivity index (χ0v) is 18.8. The van der Waals surface area contributed by atoms with Crippen LogP contribution in [0.25, 0.3) is 0 Å². The van der Waals surface area contributed by atoms with Gasteiger partial charge in [-0.05, 0) is 55.6 Å². The van der Waals surface area contributed by atoms with Crippen LogP contribution in [0, 0.1) is 5.41 Å². The number of hydrogen-bond donors (Lipinski definition) is 2. The van der Waals surface area contributed by atoms with Crippen molar-refractivity contribution in [2.24, 2.45) is 10.4 Å². The number of nitrogens with one attached hydrogen (secondary N) is 2. The van der Waals surface area contributed by atoms with Gasteiger partial charge in [-0.15, -0.1) is 0 Å². The van der Waals surface area contributed by atoms with E-state index in [1.165, 1.54) is 30.4 Å². The normalized spacial score (nSPS) is 19.3. The summed E-state index contributed by atoms with van der Waals surface area (Å²) in [5.74, 6) is 0.894. The third-order valence-electron chi connectivity index (χ3n) is 6.29. The quantitative estimate of drug-likeness (QED) is 0.425. The van der Waals surface area contributed by atoms with Crippen LogP contribution < -0.4 is 10.6 Å². The lowest BCUT2D eigenvalue weighted by Gasteiger charge is -2.42. The molecule has 0 atom stereocenters. The Morgan fingerprint density at radius 1 is 1.20 bits per heavy atom. The van der Waals surface area contributed by atoms with Gasteiger partial charge in [0.05, 0.1) is 19.3 Å². The van der Waals surface area contributed by atoms with E-state index < -0.39 is 0 Å². The van der Waals surface area contributed by atoms with E-state index in [4.69, 9.17) is 19.2 Å². The molecule has 1 saturated heterocycles. The lowest BCUT2D eigenvalue weighted by atomic mass is 9.67. The molecule has 0 spiro atoms. The molecule has 1 saturated carbocycles. The van der Waals surface area contributed by atoms with Gasteiger partial charge in [0.1, 0.15) is 0 Å². The summed E-state index contributed by atoms with van der Waals surface area (Å²) in [6.45, 7) is 7.69. The fourth-order valence-electron chi connectivity index (χ4n) is 4.17. The Labute approximate surface area is 181 Å². The molecule has 30 heavy (non-hydrogen) atoms. The number of rotatable bonds is 11. The van der Waals surface area contributed by atoms with Gasteiger partial charge in [-0.1, -0.05) is 30.7 Å². The van der Waals surface area contributed by atoms with Gasteiger partial charge < -0.3 is 24.8 Å². The molecule has 1 aromatic rings. The molecular weight excluding hydrogens is 378 g/mol. The Kier molecular flexibility index (Phi) is 9.43. The highest BCUT2D eigenvalue weighted by atomic mass is 16.5. The van der Waals surface area contributed by atoms with Crippen LogP contribution in [0.15, 0.2) is 29.3 Å². The molecule has 2 fully saturated rings. The Balaban J connectivity index is 1.51. The predicted molar refractivity (Wildman–Crippen MR) is 121 cm³/mol. The minimum Gasteiger partial charge on any atom is -0.385 e. The van der Waals surface area contributed by atoms with Crippen molar-refractivity contribution in [1.82, 2.24) is 10.6 Å². The van der Waals surface area contributed by atoms with Crippen LogP contribution in [0.3, 0.4) is 0 Å². The number of ether oxygens (including phenoxy) is 3. The summed E-state index contributed by atoms with van der Waals surface area (Å²) in [6.07, 6.45) is 7.30. The van der Waals surface area contributed by atoms with Crippen LogP contribution in [0.2, 0.25) is 0 Å². The van der Waals surface area contributed by atoms with Crippen molar-refractivity contribution in [3.8, 4) is 0 Å². The first-order valence-corrected chi connectivity index (χ1v) is 11.5. The summed E-state index contributed by atoms with van der Waals surface area (Å²) in [5, 5.41) is 6.96. The van der Waals surface area contributed by atoms with Crippen molar-refractivity contribution < 1.29 is 14.2 Å². The van der Waals surface area contributed by atoms with Crippen LogP contribution in [0.5, 0.6) is 0 Å². The van der Waals surface area contributed by atoms with Crippen molar-refractivity contribution in [3.05, 3.63) is 35.4 Å². The molecule has 1 aromatic carbocycles. The zero-order valence-electron chi connectivity index (χ0n) is 18.8. The first kappa shape index (κ1) is 23.0. The second-order valence-electron chi connectivity index (χ2n) is 8.59. The van der Waals surface area contributed by atoms with Gasteiger partial charge >= 0.3 is 0 Å². The van der Waals surface area contributed by atoms with E-state index in [9.17, 15) is 0 Å². The molecule has 0 bridgehead atoms. The summed E-state index contributed by atoms with van der Waals surface area (Å²) < 4.78 is 16.8. The number of guanidine groups is 1. The second-order valence-corrected chi connectivity index (χ2v) is 8.59. The fraction of sp³-hybridized carbons (Fsp3) is 0.708. The highest BCUT2D eigenvalue weighted by Gasteiger charge is 2.36. The highest BCUT2D eigenvalue weighted by Crippen LogP contribution is 2.43. The van der Waals surface area contributed by atoms with Crippen molar-refractivity contribution in [2.45, 2.75) is 64.7 Å². The topological polar surface area (TPSA) is 64.1 Å². The first-order chi connectivity index (χ1) is 14.7. The van der Waals surface area contributed by atoms with Crippen LogP contribution >= 0.6 is 0 Å². The Morgan fingerprint density at radius 3 is 2.70 bits per heavy atom. The number of methoxy groups -OCH3 is 1.